The molecule has 32 heavy (non-hydrogen) atoms. The number of unbranched alkanes of at least 4 members (excludes halogenated alkanes) is 1. The molecule has 3 nitrogen and oxygen atoms in total. The maximum atomic E-state index is 10.6. The van der Waals surface area contributed by atoms with E-state index in [9.17, 15) is 10.2 Å². The van der Waals surface area contributed by atoms with Crippen LogP contribution in [0.5, 0.6) is 0 Å². The van der Waals surface area contributed by atoms with Gasteiger partial charge in [0.05, 0.1) is 12.2 Å². The number of aliphatic hydroxyl groups is 2. The Hall–Kier alpha value is -0.290. The Morgan fingerprint density at radius 1 is 1.16 bits per heavy atom. The monoisotopic (exact) mass is 465 g/mol. The molecule has 0 aromatic rings. The van der Waals surface area contributed by atoms with Crippen molar-refractivity contribution >= 4 is 11.8 Å². The largest absolute Gasteiger partial charge is 0.392 e. The third-order valence-electron chi connectivity index (χ3n) is 7.59. The molecule has 0 aromatic carbocycles. The molecule has 0 amide bonds. The maximum Gasteiger partial charge on any atom is 0.0723 e. The van der Waals surface area contributed by atoms with Crippen LogP contribution in [-0.4, -0.2) is 57.5 Å². The Balaban J connectivity index is 1.73. The first kappa shape index (κ1) is 28.0. The first-order valence-electron chi connectivity index (χ1n) is 13.3. The minimum absolute atomic E-state index is 0.202. The van der Waals surface area contributed by atoms with Crippen molar-refractivity contribution in [3.63, 3.8) is 0 Å². The van der Waals surface area contributed by atoms with E-state index in [-0.39, 0.29) is 18.1 Å². The molecule has 1 saturated carbocycles. The standard InChI is InChI=1S/C28H51NO2S/c1-7-8-9-22(6)16-25(30)10-11-26-27-18-23(17-24(27)19-28(26)31)12-14-32-15-13-29(20(2)3)21(4)5/h10-11,17,20-22,24-28,30-31H,7-9,12-16,18-19H2,1-6H3/b11-10+/t22-,24-,25+,26+,27-,28+/m0/s1. The van der Waals surface area contributed by atoms with Gasteiger partial charge in [0, 0.05) is 30.3 Å². The molecule has 2 rings (SSSR count). The van der Waals surface area contributed by atoms with Crippen LogP contribution in [0.15, 0.2) is 23.8 Å². The minimum Gasteiger partial charge on any atom is -0.392 e. The molecule has 0 heterocycles. The highest BCUT2D eigenvalue weighted by Gasteiger charge is 2.43. The van der Waals surface area contributed by atoms with Crippen LogP contribution < -0.4 is 0 Å². The Labute approximate surface area is 203 Å². The molecule has 4 heteroatoms. The van der Waals surface area contributed by atoms with Crippen molar-refractivity contribution in [2.24, 2.45) is 23.7 Å². The smallest absolute Gasteiger partial charge is 0.0723 e. The van der Waals surface area contributed by atoms with E-state index >= 15 is 0 Å². The van der Waals surface area contributed by atoms with Crippen molar-refractivity contribution < 1.29 is 10.2 Å². The van der Waals surface area contributed by atoms with E-state index in [1.165, 1.54) is 43.7 Å². The maximum absolute atomic E-state index is 10.6. The van der Waals surface area contributed by atoms with Gasteiger partial charge in [-0.15, -0.1) is 0 Å². The zero-order chi connectivity index (χ0) is 23.7. The van der Waals surface area contributed by atoms with Gasteiger partial charge in [-0.25, -0.2) is 0 Å². The predicted molar refractivity (Wildman–Crippen MR) is 141 cm³/mol. The van der Waals surface area contributed by atoms with Crippen LogP contribution in [0, 0.1) is 23.7 Å². The summed E-state index contributed by atoms with van der Waals surface area (Å²) in [6.45, 7) is 14.8. The van der Waals surface area contributed by atoms with Crippen molar-refractivity contribution in [2.75, 3.05) is 18.1 Å². The molecule has 186 valence electrons. The van der Waals surface area contributed by atoms with Crippen LogP contribution in [0.25, 0.3) is 0 Å². The van der Waals surface area contributed by atoms with Crippen LogP contribution in [0.3, 0.4) is 0 Å². The molecule has 0 saturated heterocycles. The summed E-state index contributed by atoms with van der Waals surface area (Å²) in [5, 5.41) is 21.1. The quantitative estimate of drug-likeness (QED) is 0.220. The van der Waals surface area contributed by atoms with Crippen molar-refractivity contribution in [3.8, 4) is 0 Å². The SMILES string of the molecule is CCCC[C@H](C)C[C@H](O)/C=C/[C@@H]1[C@H]2CC(CCSCCN(C(C)C)C(C)C)=C[C@H]2C[C@H]1O. The molecule has 2 N–H and O–H groups in total. The molecule has 0 spiro atoms. The number of nitrogens with zero attached hydrogens (tertiary/aromatic N) is 1. The van der Waals surface area contributed by atoms with Crippen LogP contribution >= 0.6 is 11.8 Å². The number of fused-ring (bicyclic) bond motifs is 1. The number of hydrogen-bond donors (Lipinski definition) is 2. The molecule has 0 bridgehead atoms. The van der Waals surface area contributed by atoms with E-state index in [0.29, 0.717) is 29.8 Å². The molecule has 0 aromatic heterocycles. The summed E-state index contributed by atoms with van der Waals surface area (Å²) in [5.41, 5.74) is 1.59. The molecule has 6 atom stereocenters. The average Bonchev–Trinajstić information content (AvgIpc) is 3.23. The zero-order valence-corrected chi connectivity index (χ0v) is 22.5. The van der Waals surface area contributed by atoms with Gasteiger partial charge in [0.25, 0.3) is 0 Å². The lowest BCUT2D eigenvalue weighted by Gasteiger charge is -2.30. The topological polar surface area (TPSA) is 43.7 Å². The minimum atomic E-state index is -0.380. The van der Waals surface area contributed by atoms with Gasteiger partial charge in [-0.3, -0.25) is 4.90 Å². The second-order valence-corrected chi connectivity index (χ2v) is 12.2. The van der Waals surface area contributed by atoms with Crippen LogP contribution in [-0.2, 0) is 0 Å². The lowest BCUT2D eigenvalue weighted by atomic mass is 9.88. The number of aliphatic hydroxyl groups excluding tert-OH is 2. The summed E-state index contributed by atoms with van der Waals surface area (Å²) < 4.78 is 0. The molecule has 2 aliphatic rings. The van der Waals surface area contributed by atoms with Crippen molar-refractivity contribution in [2.45, 2.75) is 111 Å². The van der Waals surface area contributed by atoms with Crippen molar-refractivity contribution in [3.05, 3.63) is 23.8 Å². The predicted octanol–water partition coefficient (Wildman–Crippen LogP) is 6.31. The summed E-state index contributed by atoms with van der Waals surface area (Å²) >= 11 is 2.08. The molecular weight excluding hydrogens is 414 g/mol. The van der Waals surface area contributed by atoms with Gasteiger partial charge >= 0.3 is 0 Å². The number of thioether (sulfide) groups is 1. The second-order valence-electron chi connectivity index (χ2n) is 11.0. The van der Waals surface area contributed by atoms with E-state index in [2.05, 4.69) is 70.4 Å². The van der Waals surface area contributed by atoms with Gasteiger partial charge in [0.1, 0.15) is 0 Å². The Kier molecular flexibility index (Phi) is 12.4. The first-order chi connectivity index (χ1) is 15.2. The number of allylic oxidation sites excluding steroid dienone is 2. The van der Waals surface area contributed by atoms with Gasteiger partial charge in [-0.2, -0.15) is 11.8 Å². The summed E-state index contributed by atoms with van der Waals surface area (Å²) in [7, 11) is 0. The summed E-state index contributed by atoms with van der Waals surface area (Å²) in [6, 6.07) is 1.23. The highest BCUT2D eigenvalue weighted by atomic mass is 32.2. The van der Waals surface area contributed by atoms with E-state index in [1.54, 1.807) is 5.57 Å². The lowest BCUT2D eigenvalue weighted by molar-refractivity contribution is 0.139. The Morgan fingerprint density at radius 2 is 1.88 bits per heavy atom. The molecule has 2 aliphatic carbocycles. The van der Waals surface area contributed by atoms with E-state index in [0.717, 1.165) is 19.3 Å². The molecular formula is C28H51NO2S. The van der Waals surface area contributed by atoms with Gasteiger partial charge < -0.3 is 10.2 Å². The molecule has 0 radical (unpaired) electrons. The molecule has 0 aliphatic heterocycles. The number of hydrogen-bond acceptors (Lipinski definition) is 4. The average molecular weight is 466 g/mol. The summed E-state index contributed by atoms with van der Waals surface area (Å²) in [4.78, 5) is 2.57. The third-order valence-corrected chi connectivity index (χ3v) is 8.55. The molecule has 1 fully saturated rings. The Morgan fingerprint density at radius 3 is 2.53 bits per heavy atom. The molecule has 0 unspecified atom stereocenters. The normalized spacial score (nSPS) is 27.7. The van der Waals surface area contributed by atoms with Gasteiger partial charge in [-0.1, -0.05) is 56.9 Å². The fraction of sp³-hybridized carbons (Fsp3) is 0.857. The fourth-order valence-electron chi connectivity index (χ4n) is 5.80. The lowest BCUT2D eigenvalue weighted by Crippen LogP contribution is -2.38. The Bertz CT molecular complexity index is 580. The van der Waals surface area contributed by atoms with Crippen molar-refractivity contribution in [1.82, 2.24) is 4.90 Å². The highest BCUT2D eigenvalue weighted by molar-refractivity contribution is 7.99. The van der Waals surface area contributed by atoms with Crippen molar-refractivity contribution in [1.29, 1.82) is 0 Å². The van der Waals surface area contributed by atoms with E-state index in [1.807, 2.05) is 6.08 Å². The van der Waals surface area contributed by atoms with Gasteiger partial charge in [0.2, 0.25) is 0 Å². The van der Waals surface area contributed by atoms with Crippen LogP contribution in [0.2, 0.25) is 0 Å². The van der Waals surface area contributed by atoms with Gasteiger partial charge in [-0.05, 0) is 76.9 Å². The summed E-state index contributed by atoms with van der Waals surface area (Å²) in [5.74, 6) is 4.22. The fourth-order valence-corrected chi connectivity index (χ4v) is 6.75. The van der Waals surface area contributed by atoms with Gasteiger partial charge in [0.15, 0.2) is 0 Å². The summed E-state index contributed by atoms with van der Waals surface area (Å²) in [6.07, 6.45) is 13.6. The number of rotatable bonds is 15. The third kappa shape index (κ3) is 8.81. The van der Waals surface area contributed by atoms with Crippen LogP contribution in [0.4, 0.5) is 0 Å². The van der Waals surface area contributed by atoms with Crippen LogP contribution in [0.1, 0.15) is 86.5 Å². The van der Waals surface area contributed by atoms with E-state index < -0.39 is 0 Å². The highest BCUT2D eigenvalue weighted by Crippen LogP contribution is 2.48. The van der Waals surface area contributed by atoms with E-state index in [4.69, 9.17) is 0 Å². The second kappa shape index (κ2) is 14.2. The zero-order valence-electron chi connectivity index (χ0n) is 21.7. The first-order valence-corrected chi connectivity index (χ1v) is 14.5.